The molecule has 1 aromatic carbocycles. The quantitative estimate of drug-likeness (QED) is 0.369. The van der Waals surface area contributed by atoms with Gasteiger partial charge in [-0.1, -0.05) is 11.3 Å². The first kappa shape index (κ1) is 26.1. The van der Waals surface area contributed by atoms with Crippen LogP contribution in [0, 0.1) is 0 Å². The van der Waals surface area contributed by atoms with Gasteiger partial charge in [-0.2, -0.15) is 0 Å². The summed E-state index contributed by atoms with van der Waals surface area (Å²) in [7, 11) is 1.47. The van der Waals surface area contributed by atoms with Crippen LogP contribution in [0.3, 0.4) is 0 Å². The maximum Gasteiger partial charge on any atom is 0.326 e. The van der Waals surface area contributed by atoms with E-state index in [4.69, 9.17) is 10.5 Å². The zero-order valence-corrected chi connectivity index (χ0v) is 22.2. The number of nitrogens with zero attached hydrogens (tertiary/aromatic N) is 5. The molecule has 0 bridgehead atoms. The summed E-state index contributed by atoms with van der Waals surface area (Å²) in [5.74, 6) is -1.01. The van der Waals surface area contributed by atoms with Crippen molar-refractivity contribution in [3.05, 3.63) is 36.2 Å². The number of carboxylic acids is 1. The lowest BCUT2D eigenvalue weighted by Gasteiger charge is -2.30. The number of aromatic nitrogens is 2. The summed E-state index contributed by atoms with van der Waals surface area (Å²) in [5.41, 5.74) is 6.55. The molecule has 0 spiro atoms. The fourth-order valence-electron chi connectivity index (χ4n) is 5.12. The fourth-order valence-corrected chi connectivity index (χ4v) is 6.94. The third-order valence-electron chi connectivity index (χ3n) is 7.00. The van der Waals surface area contributed by atoms with Gasteiger partial charge in [0, 0.05) is 48.9 Å². The average molecular weight is 560 g/mol. The molecule has 12 nitrogen and oxygen atoms in total. The Balaban J connectivity index is 1.40. The maximum absolute atomic E-state index is 13.5. The van der Waals surface area contributed by atoms with Crippen molar-refractivity contribution in [2.45, 2.75) is 37.8 Å². The van der Waals surface area contributed by atoms with Gasteiger partial charge in [-0.05, 0) is 48.4 Å². The van der Waals surface area contributed by atoms with E-state index in [1.54, 1.807) is 24.4 Å². The van der Waals surface area contributed by atoms with Crippen LogP contribution in [-0.4, -0.2) is 79.4 Å². The number of carboxylic acid groups (broad SMARTS) is 1. The van der Waals surface area contributed by atoms with Gasteiger partial charge in [-0.15, -0.1) is 0 Å². The second-order valence-corrected chi connectivity index (χ2v) is 11.0. The highest BCUT2D eigenvalue weighted by Gasteiger charge is 2.43. The van der Waals surface area contributed by atoms with Crippen LogP contribution in [-0.2, 0) is 27.3 Å². The Labute approximate surface area is 225 Å². The van der Waals surface area contributed by atoms with Gasteiger partial charge in [0.1, 0.15) is 28.7 Å². The first-order valence-electron chi connectivity index (χ1n) is 12.1. The zero-order valence-electron chi connectivity index (χ0n) is 20.6. The number of nitrogen functional groups attached to an aromatic ring is 1. The average Bonchev–Trinajstić information content (AvgIpc) is 3.65. The molecule has 1 amide bonds. The number of hydrogen-bond acceptors (Lipinski definition) is 10. The molecule has 5 rings (SSSR count). The summed E-state index contributed by atoms with van der Waals surface area (Å²) in [4.78, 5) is 37.6. The van der Waals surface area contributed by atoms with Crippen molar-refractivity contribution in [2.75, 3.05) is 41.7 Å². The predicted molar refractivity (Wildman–Crippen MR) is 143 cm³/mol. The number of benzene rings is 1. The molecule has 0 radical (unpaired) electrons. The monoisotopic (exact) mass is 559 g/mol. The Morgan fingerprint density at radius 3 is 2.79 bits per heavy atom. The van der Waals surface area contributed by atoms with E-state index < -0.39 is 35.2 Å². The molecule has 3 aromatic rings. The van der Waals surface area contributed by atoms with Crippen LogP contribution >= 0.6 is 11.3 Å². The van der Waals surface area contributed by atoms with E-state index in [1.165, 1.54) is 29.5 Å². The van der Waals surface area contributed by atoms with Crippen molar-refractivity contribution >= 4 is 61.2 Å². The number of anilines is 3. The number of amides is 1. The van der Waals surface area contributed by atoms with Gasteiger partial charge in [-0.3, -0.25) is 13.3 Å². The first-order chi connectivity index (χ1) is 18.3. The molecule has 1 unspecified atom stereocenters. The lowest BCUT2D eigenvalue weighted by atomic mass is 10.00. The minimum atomic E-state index is -2.75. The summed E-state index contributed by atoms with van der Waals surface area (Å²) in [6.45, 7) is 1.80. The Bertz CT molecular complexity index is 1390. The third-order valence-corrected chi connectivity index (χ3v) is 8.95. The van der Waals surface area contributed by atoms with Crippen LogP contribution < -0.4 is 19.7 Å². The molecule has 0 saturated carbocycles. The number of carbonyl (C=O) groups excluding carboxylic acids is 1. The highest BCUT2D eigenvalue weighted by molar-refractivity contribution is 7.81. The lowest BCUT2D eigenvalue weighted by molar-refractivity contribution is -0.148. The van der Waals surface area contributed by atoms with Crippen molar-refractivity contribution in [1.29, 1.82) is 0 Å². The molecule has 14 heteroatoms. The number of carbonyl (C=O) groups is 2. The normalized spacial score (nSPS) is 19.2. The smallest absolute Gasteiger partial charge is 0.326 e. The van der Waals surface area contributed by atoms with E-state index in [9.17, 15) is 23.5 Å². The molecule has 4 heterocycles. The largest absolute Gasteiger partial charge is 0.755 e. The number of likely N-dealkylation sites (tertiary alicyclic amines) is 1. The number of nitrogens with two attached hydrogens (primary N) is 1. The van der Waals surface area contributed by atoms with Gasteiger partial charge in [0.2, 0.25) is 5.91 Å². The molecule has 3 N–H and O–H groups in total. The molecule has 202 valence electrons. The minimum absolute atomic E-state index is 0.0325. The van der Waals surface area contributed by atoms with Crippen molar-refractivity contribution in [2.24, 2.45) is 0 Å². The molecule has 2 fully saturated rings. The van der Waals surface area contributed by atoms with Crippen LogP contribution in [0.5, 0.6) is 5.75 Å². The number of methoxy groups -OCH3 is 1. The zero-order chi connectivity index (χ0) is 27.0. The molecular formula is C24H27N6O6S2-. The fraction of sp³-hybridized carbons (Fsp3) is 0.417. The van der Waals surface area contributed by atoms with Crippen LogP contribution in [0.1, 0.15) is 24.8 Å². The number of pyridine rings is 1. The lowest BCUT2D eigenvalue weighted by Crippen LogP contribution is -2.48. The van der Waals surface area contributed by atoms with Gasteiger partial charge < -0.3 is 29.9 Å². The summed E-state index contributed by atoms with van der Waals surface area (Å²) >= 11 is -1.54. The molecular weight excluding hydrogens is 532 g/mol. The van der Waals surface area contributed by atoms with E-state index in [2.05, 4.69) is 14.9 Å². The van der Waals surface area contributed by atoms with Crippen molar-refractivity contribution in [1.82, 2.24) is 14.9 Å². The second kappa shape index (κ2) is 10.7. The summed E-state index contributed by atoms with van der Waals surface area (Å²) in [6.07, 6.45) is 5.23. The van der Waals surface area contributed by atoms with E-state index in [0.717, 1.165) is 35.6 Å². The predicted octanol–water partition coefficient (Wildman–Crippen LogP) is 1.78. The van der Waals surface area contributed by atoms with E-state index in [0.29, 0.717) is 32.6 Å². The van der Waals surface area contributed by atoms with Crippen LogP contribution in [0.15, 0.2) is 30.6 Å². The van der Waals surface area contributed by atoms with Gasteiger partial charge in [0.25, 0.3) is 0 Å². The number of aliphatic carboxylic acids is 1. The van der Waals surface area contributed by atoms with Gasteiger partial charge >= 0.3 is 5.97 Å². The van der Waals surface area contributed by atoms with Gasteiger partial charge in [0.15, 0.2) is 5.13 Å². The number of ether oxygens (including phenoxy) is 1. The Morgan fingerprint density at radius 2 is 2.11 bits per heavy atom. The molecule has 2 aliphatic heterocycles. The van der Waals surface area contributed by atoms with E-state index >= 15 is 0 Å². The van der Waals surface area contributed by atoms with Gasteiger partial charge in [-0.25, -0.2) is 14.8 Å². The third kappa shape index (κ3) is 4.86. The minimum Gasteiger partial charge on any atom is -0.755 e. The topological polar surface area (TPSA) is 165 Å². The Kier molecular flexibility index (Phi) is 7.36. The van der Waals surface area contributed by atoms with Crippen molar-refractivity contribution in [3.8, 4) is 5.75 Å². The van der Waals surface area contributed by atoms with Crippen LogP contribution in [0.4, 0.5) is 16.0 Å². The molecule has 2 aromatic heterocycles. The highest BCUT2D eigenvalue weighted by Crippen LogP contribution is 2.36. The molecule has 0 aliphatic carbocycles. The highest BCUT2D eigenvalue weighted by atomic mass is 32.2. The number of fused-ring (bicyclic) bond motifs is 1. The standard InChI is InChI=1S/C24H28N6O6S2/c1-36-19-12-16-14(4-6-26-21(16)25)10-15(19)11-18(23(32)33)29-9-5-17(22(29)31)30(38(34)35)20-13-27-24(37-20)28-7-2-3-8-28/h4,6,10,12-13,17-18H,2-3,5,7-9,11H2,1H3,(H2,25,26)(H,32,33)(H,34,35)/p-1/t17-,18+/m0/s1. The van der Waals surface area contributed by atoms with Crippen molar-refractivity contribution in [3.63, 3.8) is 0 Å². The number of rotatable bonds is 9. The van der Waals surface area contributed by atoms with E-state index in [-0.39, 0.29) is 19.4 Å². The van der Waals surface area contributed by atoms with Crippen LogP contribution in [0.2, 0.25) is 0 Å². The summed E-state index contributed by atoms with van der Waals surface area (Å²) < 4.78 is 31.1. The molecule has 38 heavy (non-hydrogen) atoms. The molecule has 3 atom stereocenters. The number of thiazole rings is 1. The Hall–Kier alpha value is -3.49. The molecule has 2 saturated heterocycles. The maximum atomic E-state index is 13.5. The number of hydrogen-bond donors (Lipinski definition) is 2. The summed E-state index contributed by atoms with van der Waals surface area (Å²) in [6, 6.07) is 2.96. The van der Waals surface area contributed by atoms with Crippen molar-refractivity contribution < 1.29 is 28.2 Å². The summed E-state index contributed by atoms with van der Waals surface area (Å²) in [5, 5.41) is 12.6. The van der Waals surface area contributed by atoms with Crippen LogP contribution in [0.25, 0.3) is 10.8 Å². The van der Waals surface area contributed by atoms with E-state index in [1.807, 2.05) is 0 Å². The molecule has 2 aliphatic rings. The second-order valence-electron chi connectivity index (χ2n) is 9.19. The van der Waals surface area contributed by atoms with Gasteiger partial charge in [0.05, 0.1) is 13.3 Å². The Morgan fingerprint density at radius 1 is 1.34 bits per heavy atom. The SMILES string of the molecule is COc1cc2c(N)nccc2cc1C[C@H](C(=O)O)N1CC[C@H](N(c2cnc(N3CCCC3)s2)S(=O)[O-])C1=O. The first-order valence-corrected chi connectivity index (χ1v) is 14.0.